The van der Waals surface area contributed by atoms with Crippen molar-refractivity contribution in [3.8, 4) is 6.07 Å². The summed E-state index contributed by atoms with van der Waals surface area (Å²) in [6, 6.07) is 4.21. The van der Waals surface area contributed by atoms with Crippen LogP contribution in [0.25, 0.3) is 11.0 Å². The van der Waals surface area contributed by atoms with Gasteiger partial charge in [-0.1, -0.05) is 0 Å². The first-order chi connectivity index (χ1) is 6.20. The predicted molar refractivity (Wildman–Crippen MR) is 45.8 cm³/mol. The molecule has 13 heavy (non-hydrogen) atoms. The fourth-order valence-electron chi connectivity index (χ4n) is 1.14. The molecule has 1 N–H and O–H groups in total. The first-order valence-electron chi connectivity index (χ1n) is 3.45. The molecule has 0 spiro atoms. The summed E-state index contributed by atoms with van der Waals surface area (Å²) in [7, 11) is 0. The number of fused-ring (bicyclic) bond motifs is 1. The maximum absolute atomic E-state index is 12.9. The average Bonchev–Trinajstić information content (AvgIpc) is 2.43. The Morgan fingerprint density at radius 1 is 1.54 bits per heavy atom. The molecule has 2 rings (SSSR count). The summed E-state index contributed by atoms with van der Waals surface area (Å²) in [6.45, 7) is 0. The number of aromatic nitrogens is 2. The number of nitrogens with zero attached hydrogens (tertiary/aromatic N) is 2. The Balaban J connectivity index is 2.90. The van der Waals surface area contributed by atoms with E-state index in [-0.39, 0.29) is 10.8 Å². The molecule has 0 unspecified atom stereocenters. The number of nitrogens with one attached hydrogen (secondary N) is 1. The number of hydrogen-bond donors (Lipinski definition) is 1. The second-order valence-electron chi connectivity index (χ2n) is 2.49. The lowest BCUT2D eigenvalue weighted by Crippen LogP contribution is -1.81. The summed E-state index contributed by atoms with van der Waals surface area (Å²) in [5, 5.41) is 8.81. The van der Waals surface area contributed by atoms with E-state index in [0.717, 1.165) is 6.07 Å². The van der Waals surface area contributed by atoms with E-state index >= 15 is 0 Å². The van der Waals surface area contributed by atoms with E-state index in [0.29, 0.717) is 11.0 Å². The van der Waals surface area contributed by atoms with Crippen molar-refractivity contribution in [2.75, 3.05) is 0 Å². The molecule has 0 amide bonds. The Hall–Kier alpha value is -1.60. The fraction of sp³-hybridized carbons (Fsp3) is 0. The molecule has 0 aliphatic carbocycles. The Bertz CT molecular complexity index is 512. The molecule has 0 saturated carbocycles. The number of rotatable bonds is 0. The van der Waals surface area contributed by atoms with Crippen LogP contribution in [0.3, 0.4) is 0 Å². The Morgan fingerprint density at radius 3 is 3.00 bits per heavy atom. The molecule has 0 aliphatic rings. The van der Waals surface area contributed by atoms with Crippen LogP contribution in [0.2, 0.25) is 5.28 Å². The molecule has 0 atom stereocenters. The lowest BCUT2D eigenvalue weighted by molar-refractivity contribution is 0.629. The third-order valence-electron chi connectivity index (χ3n) is 1.64. The maximum atomic E-state index is 12.9. The molecule has 1 aromatic heterocycles. The van der Waals surface area contributed by atoms with E-state index in [9.17, 15) is 4.39 Å². The van der Waals surface area contributed by atoms with Crippen molar-refractivity contribution in [3.63, 3.8) is 0 Å². The van der Waals surface area contributed by atoms with E-state index < -0.39 is 5.82 Å². The number of imidazole rings is 1. The zero-order valence-corrected chi connectivity index (χ0v) is 7.06. The molecule has 0 radical (unpaired) electrons. The van der Waals surface area contributed by atoms with Gasteiger partial charge >= 0.3 is 0 Å². The number of benzene rings is 1. The lowest BCUT2D eigenvalue weighted by atomic mass is 10.2. The van der Waals surface area contributed by atoms with Gasteiger partial charge in [-0.25, -0.2) is 9.37 Å². The summed E-state index contributed by atoms with van der Waals surface area (Å²) in [4.78, 5) is 6.48. The second-order valence-corrected chi connectivity index (χ2v) is 2.85. The van der Waals surface area contributed by atoms with Gasteiger partial charge in [-0.05, 0) is 23.7 Å². The van der Waals surface area contributed by atoms with E-state index in [1.165, 1.54) is 6.07 Å². The zero-order valence-electron chi connectivity index (χ0n) is 6.31. The van der Waals surface area contributed by atoms with Crippen LogP contribution in [0, 0.1) is 17.1 Å². The van der Waals surface area contributed by atoms with Gasteiger partial charge in [0.25, 0.3) is 0 Å². The maximum Gasteiger partial charge on any atom is 0.201 e. The summed E-state index contributed by atoms with van der Waals surface area (Å²) < 4.78 is 12.9. The van der Waals surface area contributed by atoms with Crippen LogP contribution in [-0.4, -0.2) is 9.97 Å². The minimum atomic E-state index is -0.482. The monoisotopic (exact) mass is 195 g/mol. The molecular weight excluding hydrogens is 193 g/mol. The molecule has 0 aliphatic heterocycles. The number of aromatic amines is 1. The highest BCUT2D eigenvalue weighted by Crippen LogP contribution is 2.19. The molecular formula is C8H3ClFN3. The van der Waals surface area contributed by atoms with Gasteiger partial charge in [0.15, 0.2) is 0 Å². The summed E-state index contributed by atoms with van der Waals surface area (Å²) in [5.74, 6) is -0.482. The van der Waals surface area contributed by atoms with Crippen LogP contribution in [0.4, 0.5) is 4.39 Å². The van der Waals surface area contributed by atoms with Crippen LogP contribution in [0.1, 0.15) is 5.56 Å². The highest BCUT2D eigenvalue weighted by Gasteiger charge is 2.07. The van der Waals surface area contributed by atoms with Gasteiger partial charge in [0.1, 0.15) is 17.4 Å². The third kappa shape index (κ3) is 1.23. The van der Waals surface area contributed by atoms with Crippen molar-refractivity contribution < 1.29 is 4.39 Å². The molecule has 64 valence electrons. The van der Waals surface area contributed by atoms with Gasteiger partial charge in [-0.15, -0.1) is 0 Å². The summed E-state index contributed by atoms with van der Waals surface area (Å²) >= 11 is 5.57. The van der Waals surface area contributed by atoms with Gasteiger partial charge in [0.05, 0.1) is 11.1 Å². The van der Waals surface area contributed by atoms with Crippen LogP contribution in [-0.2, 0) is 0 Å². The highest BCUT2D eigenvalue weighted by molar-refractivity contribution is 6.29. The number of H-pyrrole nitrogens is 1. The van der Waals surface area contributed by atoms with E-state index in [4.69, 9.17) is 16.9 Å². The number of nitriles is 1. The van der Waals surface area contributed by atoms with E-state index in [1.807, 2.05) is 6.07 Å². The number of hydrogen-bond acceptors (Lipinski definition) is 2. The van der Waals surface area contributed by atoms with Crippen molar-refractivity contribution in [2.45, 2.75) is 0 Å². The smallest absolute Gasteiger partial charge is 0.201 e. The first-order valence-corrected chi connectivity index (χ1v) is 3.83. The largest absolute Gasteiger partial charge is 0.328 e. The quantitative estimate of drug-likeness (QED) is 0.701. The van der Waals surface area contributed by atoms with E-state index in [1.54, 1.807) is 0 Å². The molecule has 0 bridgehead atoms. The Kier molecular flexibility index (Phi) is 1.67. The molecule has 2 aromatic rings. The molecule has 0 saturated heterocycles. The van der Waals surface area contributed by atoms with Gasteiger partial charge in [0, 0.05) is 0 Å². The van der Waals surface area contributed by atoms with Gasteiger partial charge < -0.3 is 4.98 Å². The summed E-state index contributed by atoms with van der Waals surface area (Å²) in [6.07, 6.45) is 0. The second kappa shape index (κ2) is 2.71. The number of halogens is 2. The molecule has 0 fully saturated rings. The van der Waals surface area contributed by atoms with E-state index in [2.05, 4.69) is 9.97 Å². The SMILES string of the molecule is N#Cc1cc(F)cc2[nH]c(Cl)nc12. The first kappa shape index (κ1) is 8.02. The molecule has 1 aromatic carbocycles. The topological polar surface area (TPSA) is 52.5 Å². The van der Waals surface area contributed by atoms with Crippen LogP contribution >= 0.6 is 11.6 Å². The van der Waals surface area contributed by atoms with Crippen molar-refractivity contribution in [1.29, 1.82) is 5.26 Å². The van der Waals surface area contributed by atoms with Gasteiger partial charge in [0.2, 0.25) is 5.28 Å². The van der Waals surface area contributed by atoms with Crippen LogP contribution in [0.15, 0.2) is 12.1 Å². The summed E-state index contributed by atoms with van der Waals surface area (Å²) in [5.41, 5.74) is 1.01. The Labute approximate surface area is 77.8 Å². The van der Waals surface area contributed by atoms with Gasteiger partial charge in [-0.2, -0.15) is 5.26 Å². The Morgan fingerprint density at radius 2 is 2.31 bits per heavy atom. The third-order valence-corrected chi connectivity index (χ3v) is 1.82. The van der Waals surface area contributed by atoms with Gasteiger partial charge in [-0.3, -0.25) is 0 Å². The van der Waals surface area contributed by atoms with Crippen LogP contribution in [0.5, 0.6) is 0 Å². The van der Waals surface area contributed by atoms with Crippen molar-refractivity contribution in [1.82, 2.24) is 9.97 Å². The molecule has 1 heterocycles. The zero-order chi connectivity index (χ0) is 9.42. The molecule has 3 nitrogen and oxygen atoms in total. The van der Waals surface area contributed by atoms with Crippen molar-refractivity contribution in [3.05, 3.63) is 28.8 Å². The molecule has 5 heteroatoms. The predicted octanol–water partition coefficient (Wildman–Crippen LogP) is 2.23. The highest BCUT2D eigenvalue weighted by atomic mass is 35.5. The lowest BCUT2D eigenvalue weighted by Gasteiger charge is -1.91. The van der Waals surface area contributed by atoms with Crippen molar-refractivity contribution >= 4 is 22.6 Å². The average molecular weight is 196 g/mol. The minimum Gasteiger partial charge on any atom is -0.328 e. The standard InChI is InChI=1S/C8H3ClFN3/c9-8-12-6-2-5(10)1-4(3-11)7(6)13-8/h1-2H,(H,12,13). The van der Waals surface area contributed by atoms with Crippen LogP contribution < -0.4 is 0 Å². The minimum absolute atomic E-state index is 0.150. The fourth-order valence-corrected chi connectivity index (χ4v) is 1.32. The van der Waals surface area contributed by atoms with Crippen molar-refractivity contribution in [2.24, 2.45) is 0 Å². The normalized spacial score (nSPS) is 10.2.